The number of nitrogens with one attached hydrogen (secondary N) is 1. The number of hydrogen-bond acceptors (Lipinski definition) is 5. The number of aromatic hydroxyl groups is 1. The minimum Gasteiger partial charge on any atom is -0.507 e. The fraction of sp³-hybridized carbons (Fsp3) is 0.125. The summed E-state index contributed by atoms with van der Waals surface area (Å²) in [5, 5.41) is 11.9. The van der Waals surface area contributed by atoms with E-state index in [2.05, 4.69) is 26.0 Å². The first-order valence-corrected chi connectivity index (χ1v) is 7.74. The number of hydrogen-bond donors (Lipinski definition) is 2. The highest BCUT2D eigenvalue weighted by molar-refractivity contribution is 9.10. The van der Waals surface area contributed by atoms with Crippen molar-refractivity contribution in [3.63, 3.8) is 0 Å². The fourth-order valence-electron chi connectivity index (χ4n) is 1.82. The lowest BCUT2D eigenvalue weighted by molar-refractivity contribution is -0.274. The van der Waals surface area contributed by atoms with E-state index in [0.717, 1.165) is 12.1 Å². The molecular formula is C16H11BrF3NO5. The van der Waals surface area contributed by atoms with E-state index < -0.39 is 30.6 Å². The van der Waals surface area contributed by atoms with Crippen LogP contribution in [0, 0.1) is 0 Å². The molecule has 2 rings (SSSR count). The molecule has 0 heterocycles. The second-order valence-corrected chi connectivity index (χ2v) is 5.77. The lowest BCUT2D eigenvalue weighted by Gasteiger charge is -2.10. The molecule has 0 fully saturated rings. The molecule has 0 aliphatic carbocycles. The summed E-state index contributed by atoms with van der Waals surface area (Å²) in [7, 11) is 0. The number of carbonyl (C=O) groups is 2. The number of esters is 1. The number of phenols is 1. The van der Waals surface area contributed by atoms with Crippen molar-refractivity contribution in [1.82, 2.24) is 0 Å². The summed E-state index contributed by atoms with van der Waals surface area (Å²) in [5.41, 5.74) is 0.0618. The minimum absolute atomic E-state index is 0.124. The van der Waals surface area contributed by atoms with E-state index >= 15 is 0 Å². The second-order valence-electron chi connectivity index (χ2n) is 4.86. The first-order chi connectivity index (χ1) is 12.1. The maximum absolute atomic E-state index is 12.1. The third kappa shape index (κ3) is 5.96. The Morgan fingerprint density at radius 1 is 1.12 bits per heavy atom. The summed E-state index contributed by atoms with van der Waals surface area (Å²) in [5.74, 6) is -2.36. The Kier molecular flexibility index (Phi) is 6.09. The average Bonchev–Trinajstić information content (AvgIpc) is 2.55. The summed E-state index contributed by atoms with van der Waals surface area (Å²) in [6.07, 6.45) is -4.81. The van der Waals surface area contributed by atoms with E-state index in [1.165, 1.54) is 30.3 Å². The molecule has 1 amide bonds. The first kappa shape index (κ1) is 19.6. The molecule has 0 aromatic heterocycles. The van der Waals surface area contributed by atoms with Crippen LogP contribution in [-0.4, -0.2) is 30.0 Å². The Morgan fingerprint density at radius 3 is 2.38 bits per heavy atom. The Balaban J connectivity index is 1.88. The van der Waals surface area contributed by atoms with Gasteiger partial charge in [-0.05, 0) is 42.5 Å². The largest absolute Gasteiger partial charge is 0.573 e. The number of rotatable bonds is 5. The molecule has 26 heavy (non-hydrogen) atoms. The van der Waals surface area contributed by atoms with Crippen LogP contribution in [0.1, 0.15) is 10.4 Å². The molecule has 0 atom stereocenters. The number of amides is 1. The summed E-state index contributed by atoms with van der Waals surface area (Å²) in [6, 6.07) is 8.57. The third-order valence-electron chi connectivity index (χ3n) is 2.88. The van der Waals surface area contributed by atoms with Gasteiger partial charge >= 0.3 is 12.3 Å². The molecule has 0 unspecified atom stereocenters. The zero-order valence-corrected chi connectivity index (χ0v) is 14.4. The van der Waals surface area contributed by atoms with Crippen molar-refractivity contribution in [3.05, 3.63) is 52.5 Å². The van der Waals surface area contributed by atoms with Gasteiger partial charge in [0.25, 0.3) is 5.91 Å². The maximum Gasteiger partial charge on any atom is 0.573 e. The van der Waals surface area contributed by atoms with Crippen molar-refractivity contribution in [2.24, 2.45) is 0 Å². The van der Waals surface area contributed by atoms with E-state index in [9.17, 15) is 27.9 Å². The highest BCUT2D eigenvalue weighted by Crippen LogP contribution is 2.24. The van der Waals surface area contributed by atoms with Gasteiger partial charge in [-0.3, -0.25) is 4.79 Å². The smallest absolute Gasteiger partial charge is 0.507 e. The highest BCUT2D eigenvalue weighted by atomic mass is 79.9. The van der Waals surface area contributed by atoms with Gasteiger partial charge in [-0.1, -0.05) is 15.9 Å². The first-order valence-electron chi connectivity index (χ1n) is 6.95. The van der Waals surface area contributed by atoms with Crippen LogP contribution in [0.5, 0.6) is 11.5 Å². The van der Waals surface area contributed by atoms with Crippen molar-refractivity contribution in [1.29, 1.82) is 0 Å². The molecule has 0 bridgehead atoms. The lowest BCUT2D eigenvalue weighted by Crippen LogP contribution is -2.21. The topological polar surface area (TPSA) is 84.9 Å². The standard InChI is InChI=1S/C16H11BrF3NO5/c17-9-1-6-13(22)12(7-9)15(24)25-8-14(23)21-10-2-4-11(5-3-10)26-16(18,19)20/h1-7,22H,8H2,(H,21,23). The van der Waals surface area contributed by atoms with Crippen LogP contribution in [0.25, 0.3) is 0 Å². The van der Waals surface area contributed by atoms with E-state index in [0.29, 0.717) is 4.47 Å². The molecule has 2 aromatic carbocycles. The molecule has 2 N–H and O–H groups in total. The number of halogens is 4. The van der Waals surface area contributed by atoms with E-state index in [1.807, 2.05) is 0 Å². The monoisotopic (exact) mass is 433 g/mol. The molecule has 6 nitrogen and oxygen atoms in total. The number of carbonyl (C=O) groups excluding carboxylic acids is 2. The van der Waals surface area contributed by atoms with Gasteiger partial charge in [0.15, 0.2) is 6.61 Å². The quantitative estimate of drug-likeness (QED) is 0.699. The number of anilines is 1. The molecule has 10 heteroatoms. The summed E-state index contributed by atoms with van der Waals surface area (Å²) in [4.78, 5) is 23.6. The molecule has 0 spiro atoms. The summed E-state index contributed by atoms with van der Waals surface area (Å²) < 4.78 is 45.2. The average molecular weight is 434 g/mol. The number of phenolic OH excluding ortho intramolecular Hbond substituents is 1. The van der Waals surface area contributed by atoms with Crippen LogP contribution in [0.15, 0.2) is 46.9 Å². The van der Waals surface area contributed by atoms with Crippen LogP contribution >= 0.6 is 15.9 Å². The molecular weight excluding hydrogens is 423 g/mol. The molecule has 0 saturated heterocycles. The Morgan fingerprint density at radius 2 is 1.77 bits per heavy atom. The molecule has 138 valence electrons. The molecule has 0 aliphatic heterocycles. The Labute approximate surface area is 153 Å². The van der Waals surface area contributed by atoms with Crippen LogP contribution in [-0.2, 0) is 9.53 Å². The number of alkyl halides is 3. The van der Waals surface area contributed by atoms with Gasteiger partial charge in [-0.25, -0.2) is 4.79 Å². The molecule has 2 aromatic rings. The van der Waals surface area contributed by atoms with Crippen molar-refractivity contribution in [3.8, 4) is 11.5 Å². The van der Waals surface area contributed by atoms with Gasteiger partial charge in [-0.2, -0.15) is 0 Å². The molecule has 0 aliphatic rings. The van der Waals surface area contributed by atoms with Gasteiger partial charge < -0.3 is 19.9 Å². The maximum atomic E-state index is 12.1. The van der Waals surface area contributed by atoms with E-state index in [4.69, 9.17) is 4.74 Å². The third-order valence-corrected chi connectivity index (χ3v) is 3.38. The molecule has 0 radical (unpaired) electrons. The van der Waals surface area contributed by atoms with E-state index in [1.54, 1.807) is 0 Å². The van der Waals surface area contributed by atoms with Crippen molar-refractivity contribution >= 4 is 33.5 Å². The van der Waals surface area contributed by atoms with Crippen molar-refractivity contribution < 1.29 is 37.3 Å². The van der Waals surface area contributed by atoms with Crippen LogP contribution in [0.4, 0.5) is 18.9 Å². The molecule has 0 saturated carbocycles. The lowest BCUT2D eigenvalue weighted by atomic mass is 10.2. The summed E-state index contributed by atoms with van der Waals surface area (Å²) in [6.45, 7) is -0.647. The van der Waals surface area contributed by atoms with Gasteiger partial charge in [0.2, 0.25) is 0 Å². The van der Waals surface area contributed by atoms with Gasteiger partial charge in [-0.15, -0.1) is 13.2 Å². The SMILES string of the molecule is O=C(COC(=O)c1cc(Br)ccc1O)Nc1ccc(OC(F)(F)F)cc1. The Hall–Kier alpha value is -2.75. The van der Waals surface area contributed by atoms with Gasteiger partial charge in [0.1, 0.15) is 17.1 Å². The summed E-state index contributed by atoms with van der Waals surface area (Å²) >= 11 is 3.13. The van der Waals surface area contributed by atoms with E-state index in [-0.39, 0.29) is 17.0 Å². The zero-order valence-electron chi connectivity index (χ0n) is 12.8. The highest BCUT2D eigenvalue weighted by Gasteiger charge is 2.30. The van der Waals surface area contributed by atoms with Crippen molar-refractivity contribution in [2.45, 2.75) is 6.36 Å². The zero-order chi connectivity index (χ0) is 19.3. The number of ether oxygens (including phenoxy) is 2. The van der Waals surface area contributed by atoms with Crippen LogP contribution in [0.2, 0.25) is 0 Å². The van der Waals surface area contributed by atoms with Gasteiger partial charge in [0.05, 0.1) is 0 Å². The normalized spacial score (nSPS) is 10.9. The predicted octanol–water partition coefficient (Wildman–Crippen LogP) is 3.85. The minimum atomic E-state index is -4.81. The predicted molar refractivity (Wildman–Crippen MR) is 87.8 cm³/mol. The Bertz CT molecular complexity index is 809. The number of benzene rings is 2. The van der Waals surface area contributed by atoms with Gasteiger partial charge in [0, 0.05) is 10.2 Å². The fourth-order valence-corrected chi connectivity index (χ4v) is 2.18. The second kappa shape index (κ2) is 8.09. The van der Waals surface area contributed by atoms with Crippen LogP contribution in [0.3, 0.4) is 0 Å². The van der Waals surface area contributed by atoms with Crippen molar-refractivity contribution in [2.75, 3.05) is 11.9 Å². The van der Waals surface area contributed by atoms with Crippen LogP contribution < -0.4 is 10.1 Å².